The molecule has 0 aromatic heterocycles. The van der Waals surface area contributed by atoms with Crippen LogP contribution in [0.25, 0.3) is 0 Å². The lowest BCUT2D eigenvalue weighted by molar-refractivity contribution is -0.145. The van der Waals surface area contributed by atoms with Crippen molar-refractivity contribution in [3.8, 4) is 0 Å². The predicted octanol–water partition coefficient (Wildman–Crippen LogP) is 2.18. The number of hydrogen-bond acceptors (Lipinski definition) is 3. The third kappa shape index (κ3) is 4.15. The molecule has 3 nitrogen and oxygen atoms in total. The zero-order valence-corrected chi connectivity index (χ0v) is 10.4. The first-order valence-corrected chi connectivity index (χ1v) is 5.69. The summed E-state index contributed by atoms with van der Waals surface area (Å²) in [6.07, 6.45) is 0. The molecule has 0 spiro atoms. The third-order valence-corrected chi connectivity index (χ3v) is 2.49. The lowest BCUT2D eigenvalue weighted by atomic mass is 10.1. The van der Waals surface area contributed by atoms with Gasteiger partial charge in [0.1, 0.15) is 11.9 Å². The Bertz CT molecular complexity index is 393. The van der Waals surface area contributed by atoms with Gasteiger partial charge in [-0.25, -0.2) is 4.39 Å². The van der Waals surface area contributed by atoms with Gasteiger partial charge in [0, 0.05) is 6.54 Å². The number of hydrogen-bond donors (Lipinski definition) is 1. The molecule has 0 aliphatic heterocycles. The molecular formula is C13H18FNO2. The molecule has 1 aromatic carbocycles. The quantitative estimate of drug-likeness (QED) is 0.800. The molecule has 0 radical (unpaired) electrons. The molecule has 1 rings (SSSR count). The van der Waals surface area contributed by atoms with Gasteiger partial charge in [-0.05, 0) is 38.0 Å². The van der Waals surface area contributed by atoms with Gasteiger partial charge in [0.2, 0.25) is 0 Å². The SMILES string of the molecule is CCOC(=O)C(C)NCc1ccc(C)c(F)c1. The predicted molar refractivity (Wildman–Crippen MR) is 64.1 cm³/mol. The van der Waals surface area contributed by atoms with Crippen molar-refractivity contribution >= 4 is 5.97 Å². The number of aryl methyl sites for hydroxylation is 1. The number of benzene rings is 1. The zero-order chi connectivity index (χ0) is 12.8. The topological polar surface area (TPSA) is 38.3 Å². The van der Waals surface area contributed by atoms with Crippen LogP contribution in [0.15, 0.2) is 18.2 Å². The largest absolute Gasteiger partial charge is 0.465 e. The average Bonchev–Trinajstić information content (AvgIpc) is 2.30. The summed E-state index contributed by atoms with van der Waals surface area (Å²) in [6.45, 7) is 6.01. The summed E-state index contributed by atoms with van der Waals surface area (Å²) in [4.78, 5) is 11.3. The van der Waals surface area contributed by atoms with Gasteiger partial charge in [0.25, 0.3) is 0 Å². The van der Waals surface area contributed by atoms with Gasteiger partial charge in [-0.15, -0.1) is 0 Å². The van der Waals surface area contributed by atoms with Crippen molar-refractivity contribution in [1.82, 2.24) is 5.32 Å². The molecule has 0 aliphatic rings. The van der Waals surface area contributed by atoms with E-state index in [0.29, 0.717) is 18.7 Å². The first-order valence-electron chi connectivity index (χ1n) is 5.69. The van der Waals surface area contributed by atoms with Gasteiger partial charge < -0.3 is 10.1 Å². The first kappa shape index (κ1) is 13.6. The average molecular weight is 239 g/mol. The van der Waals surface area contributed by atoms with E-state index in [1.807, 2.05) is 6.07 Å². The second-order valence-electron chi connectivity index (χ2n) is 3.94. The Morgan fingerprint density at radius 2 is 2.24 bits per heavy atom. The van der Waals surface area contributed by atoms with Gasteiger partial charge in [0.05, 0.1) is 6.61 Å². The van der Waals surface area contributed by atoms with Crippen LogP contribution in [0.4, 0.5) is 4.39 Å². The Kier molecular flexibility index (Phi) is 5.10. The number of rotatable bonds is 5. The normalized spacial score (nSPS) is 12.2. The maximum absolute atomic E-state index is 13.3. The van der Waals surface area contributed by atoms with E-state index < -0.39 is 0 Å². The van der Waals surface area contributed by atoms with Crippen LogP contribution < -0.4 is 5.32 Å². The van der Waals surface area contributed by atoms with Crippen LogP contribution in [-0.4, -0.2) is 18.6 Å². The summed E-state index contributed by atoms with van der Waals surface area (Å²) in [7, 11) is 0. The molecule has 17 heavy (non-hydrogen) atoms. The van der Waals surface area contributed by atoms with E-state index in [9.17, 15) is 9.18 Å². The molecular weight excluding hydrogens is 221 g/mol. The monoisotopic (exact) mass is 239 g/mol. The lowest BCUT2D eigenvalue weighted by Crippen LogP contribution is -2.34. The molecule has 0 aliphatic carbocycles. The molecule has 1 aromatic rings. The molecule has 0 saturated carbocycles. The van der Waals surface area contributed by atoms with Crippen molar-refractivity contribution in [2.45, 2.75) is 33.4 Å². The van der Waals surface area contributed by atoms with Crippen molar-refractivity contribution in [2.24, 2.45) is 0 Å². The number of halogens is 1. The van der Waals surface area contributed by atoms with Crippen LogP contribution in [0.1, 0.15) is 25.0 Å². The Morgan fingerprint density at radius 1 is 1.53 bits per heavy atom. The molecule has 0 saturated heterocycles. The second kappa shape index (κ2) is 6.35. The summed E-state index contributed by atoms with van der Waals surface area (Å²) in [5.41, 5.74) is 1.43. The van der Waals surface area contributed by atoms with Crippen molar-refractivity contribution in [1.29, 1.82) is 0 Å². The minimum absolute atomic E-state index is 0.229. The highest BCUT2D eigenvalue weighted by Crippen LogP contribution is 2.09. The van der Waals surface area contributed by atoms with E-state index in [2.05, 4.69) is 5.32 Å². The first-order chi connectivity index (χ1) is 8.04. The molecule has 0 fully saturated rings. The van der Waals surface area contributed by atoms with Crippen LogP contribution in [0.5, 0.6) is 0 Å². The van der Waals surface area contributed by atoms with E-state index in [4.69, 9.17) is 4.74 Å². The van der Waals surface area contributed by atoms with Crippen molar-refractivity contribution in [3.63, 3.8) is 0 Å². The maximum Gasteiger partial charge on any atom is 0.322 e. The Morgan fingerprint density at radius 3 is 2.82 bits per heavy atom. The van der Waals surface area contributed by atoms with Crippen LogP contribution in [0.3, 0.4) is 0 Å². The van der Waals surface area contributed by atoms with E-state index in [0.717, 1.165) is 5.56 Å². The fraction of sp³-hybridized carbons (Fsp3) is 0.462. The zero-order valence-electron chi connectivity index (χ0n) is 10.4. The van der Waals surface area contributed by atoms with E-state index in [1.54, 1.807) is 26.8 Å². The van der Waals surface area contributed by atoms with Gasteiger partial charge >= 0.3 is 5.97 Å². The van der Waals surface area contributed by atoms with Crippen LogP contribution in [0, 0.1) is 12.7 Å². The Balaban J connectivity index is 2.50. The number of carbonyl (C=O) groups is 1. The Labute approximate surface area is 101 Å². The third-order valence-electron chi connectivity index (χ3n) is 2.49. The summed E-state index contributed by atoms with van der Waals surface area (Å²) in [6, 6.07) is 4.64. The van der Waals surface area contributed by atoms with Crippen LogP contribution >= 0.6 is 0 Å². The number of esters is 1. The molecule has 0 bridgehead atoms. The van der Waals surface area contributed by atoms with Gasteiger partial charge in [-0.1, -0.05) is 12.1 Å². The minimum Gasteiger partial charge on any atom is -0.465 e. The number of carbonyl (C=O) groups excluding carboxylic acids is 1. The molecule has 1 N–H and O–H groups in total. The van der Waals surface area contributed by atoms with Crippen LogP contribution in [0.2, 0.25) is 0 Å². The van der Waals surface area contributed by atoms with Crippen molar-refractivity contribution in [2.75, 3.05) is 6.61 Å². The Hall–Kier alpha value is -1.42. The highest BCUT2D eigenvalue weighted by atomic mass is 19.1. The molecule has 0 heterocycles. The summed E-state index contributed by atoms with van der Waals surface area (Å²) in [5, 5.41) is 2.99. The number of nitrogens with one attached hydrogen (secondary N) is 1. The highest BCUT2D eigenvalue weighted by Gasteiger charge is 2.12. The second-order valence-corrected chi connectivity index (χ2v) is 3.94. The van der Waals surface area contributed by atoms with Gasteiger partial charge in [-0.3, -0.25) is 4.79 Å². The fourth-order valence-corrected chi connectivity index (χ4v) is 1.37. The van der Waals surface area contributed by atoms with Crippen molar-refractivity contribution in [3.05, 3.63) is 35.1 Å². The van der Waals surface area contributed by atoms with E-state index >= 15 is 0 Å². The van der Waals surface area contributed by atoms with Crippen molar-refractivity contribution < 1.29 is 13.9 Å². The molecule has 94 valence electrons. The van der Waals surface area contributed by atoms with Crippen LogP contribution in [-0.2, 0) is 16.1 Å². The summed E-state index contributed by atoms with van der Waals surface area (Å²) in [5.74, 6) is -0.520. The molecule has 4 heteroatoms. The van der Waals surface area contributed by atoms with E-state index in [-0.39, 0.29) is 17.8 Å². The molecule has 1 unspecified atom stereocenters. The standard InChI is InChI=1S/C13H18FNO2/c1-4-17-13(16)10(3)15-8-11-6-5-9(2)12(14)7-11/h5-7,10,15H,4,8H2,1-3H3. The number of ether oxygens (including phenoxy) is 1. The van der Waals surface area contributed by atoms with Gasteiger partial charge in [0.15, 0.2) is 0 Å². The lowest BCUT2D eigenvalue weighted by Gasteiger charge is -2.12. The molecule has 0 amide bonds. The minimum atomic E-state index is -0.390. The fourth-order valence-electron chi connectivity index (χ4n) is 1.37. The van der Waals surface area contributed by atoms with E-state index in [1.165, 1.54) is 6.07 Å². The van der Waals surface area contributed by atoms with Gasteiger partial charge in [-0.2, -0.15) is 0 Å². The maximum atomic E-state index is 13.3. The summed E-state index contributed by atoms with van der Waals surface area (Å²) >= 11 is 0. The molecule has 1 atom stereocenters. The highest BCUT2D eigenvalue weighted by molar-refractivity contribution is 5.75. The smallest absolute Gasteiger partial charge is 0.322 e. The summed E-state index contributed by atoms with van der Waals surface area (Å²) < 4.78 is 18.1.